The van der Waals surface area contributed by atoms with Crippen molar-refractivity contribution >= 4 is 0 Å². The third-order valence-corrected chi connectivity index (χ3v) is 1.70. The van der Waals surface area contributed by atoms with Crippen LogP contribution in [0, 0.1) is 0 Å². The van der Waals surface area contributed by atoms with Crippen molar-refractivity contribution in [2.45, 2.75) is 25.2 Å². The molecule has 0 aromatic carbocycles. The maximum atomic E-state index is 12.9. The third-order valence-electron chi connectivity index (χ3n) is 1.70. The Balaban J connectivity index is 2.62. The molecule has 1 N–H and O–H groups in total. The Bertz CT molecular complexity index is 194. The molecular weight excluding hydrogens is 182 g/mol. The molecule has 1 aliphatic heterocycles. The van der Waals surface area contributed by atoms with Gasteiger partial charge >= 0.3 is 0 Å². The van der Waals surface area contributed by atoms with E-state index >= 15 is 0 Å². The summed E-state index contributed by atoms with van der Waals surface area (Å²) < 4.78 is 35.4. The molecule has 1 heterocycles. The Labute approximate surface area is 75.0 Å². The Kier molecular flexibility index (Phi) is 3.35. The summed E-state index contributed by atoms with van der Waals surface area (Å²) in [7, 11) is 0. The van der Waals surface area contributed by atoms with Crippen LogP contribution >= 0.6 is 0 Å². The monoisotopic (exact) mass is 194 g/mol. The summed E-state index contributed by atoms with van der Waals surface area (Å²) in [6.07, 6.45) is -0.427. The van der Waals surface area contributed by atoms with Crippen molar-refractivity contribution in [1.29, 1.82) is 0 Å². The number of hydrogen-bond donors (Lipinski definition) is 1. The zero-order valence-corrected chi connectivity index (χ0v) is 7.24. The van der Waals surface area contributed by atoms with Crippen molar-refractivity contribution in [3.63, 3.8) is 0 Å². The summed E-state index contributed by atoms with van der Waals surface area (Å²) in [6, 6.07) is 0. The van der Waals surface area contributed by atoms with Crippen LogP contribution in [0.1, 0.15) is 6.92 Å². The second kappa shape index (κ2) is 4.13. The van der Waals surface area contributed by atoms with Gasteiger partial charge in [-0.2, -0.15) is 8.78 Å². The van der Waals surface area contributed by atoms with Gasteiger partial charge in [0, 0.05) is 6.61 Å². The first-order chi connectivity index (χ1) is 6.10. The highest BCUT2D eigenvalue weighted by Crippen LogP contribution is 2.28. The number of aliphatic hydroxyl groups is 1. The summed E-state index contributed by atoms with van der Waals surface area (Å²) in [5.41, 5.74) is 0. The molecule has 0 bridgehead atoms. The molecule has 0 aromatic heterocycles. The van der Waals surface area contributed by atoms with Gasteiger partial charge in [-0.3, -0.25) is 0 Å². The smallest absolute Gasteiger partial charge is 0.294 e. The number of halogens is 2. The van der Waals surface area contributed by atoms with Gasteiger partial charge < -0.3 is 14.6 Å². The summed E-state index contributed by atoms with van der Waals surface area (Å²) >= 11 is 0. The van der Waals surface area contributed by atoms with E-state index in [0.717, 1.165) is 6.08 Å². The molecule has 0 unspecified atom stereocenters. The molecule has 0 fully saturated rings. The van der Waals surface area contributed by atoms with E-state index in [1.54, 1.807) is 6.92 Å². The SMILES string of the molecule is CCO[C@@H]1C=CC(F)(F)[C@@H](CO)O1. The van der Waals surface area contributed by atoms with E-state index in [9.17, 15) is 8.78 Å². The van der Waals surface area contributed by atoms with Crippen molar-refractivity contribution in [3.05, 3.63) is 12.2 Å². The van der Waals surface area contributed by atoms with E-state index in [0.29, 0.717) is 12.7 Å². The van der Waals surface area contributed by atoms with Crippen LogP contribution in [0.3, 0.4) is 0 Å². The fourth-order valence-electron chi connectivity index (χ4n) is 1.04. The number of rotatable bonds is 3. The molecule has 0 saturated heterocycles. The second-order valence-electron chi connectivity index (χ2n) is 2.66. The zero-order valence-electron chi connectivity index (χ0n) is 7.24. The molecule has 5 heteroatoms. The van der Waals surface area contributed by atoms with E-state index in [1.165, 1.54) is 0 Å². The molecule has 13 heavy (non-hydrogen) atoms. The Morgan fingerprint density at radius 1 is 1.62 bits per heavy atom. The fraction of sp³-hybridized carbons (Fsp3) is 0.750. The highest BCUT2D eigenvalue weighted by molar-refractivity contribution is 5.05. The molecule has 0 saturated carbocycles. The molecule has 1 rings (SSSR count). The van der Waals surface area contributed by atoms with Gasteiger partial charge in [-0.25, -0.2) is 0 Å². The Morgan fingerprint density at radius 3 is 2.85 bits per heavy atom. The number of hydrogen-bond acceptors (Lipinski definition) is 3. The molecule has 0 amide bonds. The topological polar surface area (TPSA) is 38.7 Å². The van der Waals surface area contributed by atoms with Crippen LogP contribution in [-0.2, 0) is 9.47 Å². The van der Waals surface area contributed by atoms with Crippen molar-refractivity contribution in [1.82, 2.24) is 0 Å². The molecule has 0 spiro atoms. The standard InChI is InChI=1S/C8H12F2O3/c1-2-12-7-3-4-8(9,10)6(5-11)13-7/h3-4,6-7,11H,2,5H2,1H3/t6-,7+/m1/s1. The number of aliphatic hydroxyl groups excluding tert-OH is 1. The van der Waals surface area contributed by atoms with Gasteiger partial charge in [-0.15, -0.1) is 0 Å². The maximum Gasteiger partial charge on any atom is 0.294 e. The molecule has 2 atom stereocenters. The first-order valence-corrected chi connectivity index (χ1v) is 4.05. The minimum Gasteiger partial charge on any atom is -0.393 e. The molecule has 3 nitrogen and oxygen atoms in total. The summed E-state index contributed by atoms with van der Waals surface area (Å²) in [4.78, 5) is 0. The zero-order chi connectivity index (χ0) is 9.90. The average molecular weight is 194 g/mol. The maximum absolute atomic E-state index is 12.9. The van der Waals surface area contributed by atoms with Crippen molar-refractivity contribution in [3.8, 4) is 0 Å². The fourth-order valence-corrected chi connectivity index (χ4v) is 1.04. The minimum atomic E-state index is -3.11. The minimum absolute atomic E-state index is 0.374. The van der Waals surface area contributed by atoms with Crippen LogP contribution < -0.4 is 0 Å². The van der Waals surface area contributed by atoms with Gasteiger partial charge in [0.2, 0.25) is 0 Å². The molecular formula is C8H12F2O3. The van der Waals surface area contributed by atoms with E-state index in [-0.39, 0.29) is 0 Å². The van der Waals surface area contributed by atoms with Crippen molar-refractivity contribution in [2.75, 3.05) is 13.2 Å². The lowest BCUT2D eigenvalue weighted by molar-refractivity contribution is -0.216. The number of ether oxygens (including phenoxy) is 2. The molecule has 0 radical (unpaired) electrons. The highest BCUT2D eigenvalue weighted by Gasteiger charge is 2.41. The van der Waals surface area contributed by atoms with E-state index in [2.05, 4.69) is 0 Å². The van der Waals surface area contributed by atoms with Gasteiger partial charge in [-0.1, -0.05) is 0 Å². The first-order valence-electron chi connectivity index (χ1n) is 4.05. The predicted molar refractivity (Wildman–Crippen MR) is 41.5 cm³/mol. The number of alkyl halides is 2. The van der Waals surface area contributed by atoms with Crippen molar-refractivity contribution in [2.24, 2.45) is 0 Å². The van der Waals surface area contributed by atoms with Crippen molar-refractivity contribution < 1.29 is 23.4 Å². The first kappa shape index (κ1) is 10.6. The van der Waals surface area contributed by atoms with Crippen LogP contribution in [0.4, 0.5) is 8.78 Å². The lowest BCUT2D eigenvalue weighted by Crippen LogP contribution is -2.43. The molecule has 0 aromatic rings. The molecule has 76 valence electrons. The van der Waals surface area contributed by atoms with Crippen LogP contribution in [-0.4, -0.2) is 36.6 Å². The second-order valence-corrected chi connectivity index (χ2v) is 2.66. The van der Waals surface area contributed by atoms with Gasteiger partial charge in [0.25, 0.3) is 5.92 Å². The largest absolute Gasteiger partial charge is 0.393 e. The van der Waals surface area contributed by atoms with Gasteiger partial charge in [-0.05, 0) is 19.1 Å². The van der Waals surface area contributed by atoms with Gasteiger partial charge in [0.05, 0.1) is 6.61 Å². The lowest BCUT2D eigenvalue weighted by atomic mass is 10.1. The Morgan fingerprint density at radius 2 is 2.31 bits per heavy atom. The van der Waals surface area contributed by atoms with E-state index < -0.39 is 24.9 Å². The van der Waals surface area contributed by atoms with Crippen LogP contribution in [0.25, 0.3) is 0 Å². The van der Waals surface area contributed by atoms with Crippen LogP contribution in [0.2, 0.25) is 0 Å². The highest BCUT2D eigenvalue weighted by atomic mass is 19.3. The average Bonchev–Trinajstić information content (AvgIpc) is 2.08. The Hall–Kier alpha value is -0.520. The summed E-state index contributed by atoms with van der Waals surface area (Å²) in [5, 5.41) is 8.62. The molecule has 0 aliphatic carbocycles. The lowest BCUT2D eigenvalue weighted by Gasteiger charge is -2.30. The van der Waals surface area contributed by atoms with Gasteiger partial charge in [0.1, 0.15) is 0 Å². The normalized spacial score (nSPS) is 32.0. The van der Waals surface area contributed by atoms with Crippen LogP contribution in [0.5, 0.6) is 0 Å². The predicted octanol–water partition coefficient (Wildman–Crippen LogP) is 0.932. The third kappa shape index (κ3) is 2.46. The van der Waals surface area contributed by atoms with Gasteiger partial charge in [0.15, 0.2) is 12.4 Å². The molecule has 1 aliphatic rings. The van der Waals surface area contributed by atoms with Crippen LogP contribution in [0.15, 0.2) is 12.2 Å². The summed E-state index contributed by atoms with van der Waals surface area (Å²) in [5.74, 6) is -3.11. The summed E-state index contributed by atoms with van der Waals surface area (Å²) in [6.45, 7) is 1.39. The quantitative estimate of drug-likeness (QED) is 0.679. The van der Waals surface area contributed by atoms with E-state index in [4.69, 9.17) is 14.6 Å². The van der Waals surface area contributed by atoms with E-state index in [1.807, 2.05) is 0 Å².